The molecule has 112 valence electrons. The monoisotopic (exact) mass is 278 g/mol. The highest BCUT2D eigenvalue weighted by Crippen LogP contribution is 2.26. The maximum Gasteiger partial charge on any atom is 0.129 e. The Bertz CT molecular complexity index is 380. The second-order valence-corrected chi connectivity index (χ2v) is 5.93. The average molecular weight is 278 g/mol. The molecule has 1 aromatic rings. The van der Waals surface area contributed by atoms with E-state index in [1.54, 1.807) is 6.26 Å². The molecule has 1 aromatic heterocycles. The third-order valence-electron chi connectivity index (χ3n) is 4.55. The van der Waals surface area contributed by atoms with Crippen LogP contribution in [-0.2, 0) is 11.3 Å². The van der Waals surface area contributed by atoms with E-state index < -0.39 is 0 Å². The van der Waals surface area contributed by atoms with Gasteiger partial charge in [-0.05, 0) is 50.9 Å². The zero-order valence-electron chi connectivity index (χ0n) is 12.2. The van der Waals surface area contributed by atoms with E-state index >= 15 is 0 Å². The Labute approximate surface area is 121 Å². The highest BCUT2D eigenvalue weighted by atomic mass is 16.5. The summed E-state index contributed by atoms with van der Waals surface area (Å²) in [6.07, 6.45) is 8.26. The van der Waals surface area contributed by atoms with Crippen LogP contribution >= 0.6 is 0 Å². The largest absolute Gasteiger partial charge is 0.467 e. The first-order valence-corrected chi connectivity index (χ1v) is 8.01. The van der Waals surface area contributed by atoms with E-state index in [1.165, 1.54) is 38.8 Å². The van der Waals surface area contributed by atoms with Gasteiger partial charge in [0.25, 0.3) is 0 Å². The van der Waals surface area contributed by atoms with Gasteiger partial charge in [-0.3, -0.25) is 4.90 Å². The molecule has 2 aliphatic heterocycles. The minimum Gasteiger partial charge on any atom is -0.467 e. The Morgan fingerprint density at radius 3 is 3.20 bits per heavy atom. The molecule has 0 saturated carbocycles. The fourth-order valence-corrected chi connectivity index (χ4v) is 3.51. The number of ether oxygens (including phenoxy) is 1. The lowest BCUT2D eigenvalue weighted by molar-refractivity contribution is 0.103. The summed E-state index contributed by atoms with van der Waals surface area (Å²) in [5.41, 5.74) is 0. The normalized spacial score (nSPS) is 26.8. The minimum atomic E-state index is 0.590. The maximum absolute atomic E-state index is 5.61. The van der Waals surface area contributed by atoms with E-state index in [2.05, 4.69) is 10.2 Å². The number of nitrogens with zero attached hydrogens (tertiary/aromatic N) is 1. The molecule has 2 atom stereocenters. The van der Waals surface area contributed by atoms with Gasteiger partial charge in [0.2, 0.25) is 0 Å². The highest BCUT2D eigenvalue weighted by Gasteiger charge is 2.34. The summed E-state index contributed by atoms with van der Waals surface area (Å²) in [4.78, 5) is 2.68. The number of furan rings is 1. The zero-order chi connectivity index (χ0) is 13.6. The quantitative estimate of drug-likeness (QED) is 0.777. The van der Waals surface area contributed by atoms with Gasteiger partial charge in [-0.2, -0.15) is 0 Å². The van der Waals surface area contributed by atoms with Crippen molar-refractivity contribution in [2.24, 2.45) is 0 Å². The number of rotatable bonds is 7. The van der Waals surface area contributed by atoms with E-state index in [4.69, 9.17) is 9.15 Å². The van der Waals surface area contributed by atoms with Crippen LogP contribution in [0.15, 0.2) is 22.8 Å². The summed E-state index contributed by atoms with van der Waals surface area (Å²) >= 11 is 0. The molecule has 2 saturated heterocycles. The SMILES string of the molecule is c1coc(COCCCNC2CCN3CCCCC23)c1. The molecule has 0 amide bonds. The van der Waals surface area contributed by atoms with Crippen molar-refractivity contribution in [1.29, 1.82) is 0 Å². The molecule has 20 heavy (non-hydrogen) atoms. The minimum absolute atomic E-state index is 0.590. The molecular weight excluding hydrogens is 252 g/mol. The second kappa shape index (κ2) is 7.25. The molecule has 3 rings (SSSR count). The topological polar surface area (TPSA) is 37.6 Å². The van der Waals surface area contributed by atoms with Crippen molar-refractivity contribution < 1.29 is 9.15 Å². The van der Waals surface area contributed by atoms with Crippen LogP contribution in [-0.4, -0.2) is 43.2 Å². The summed E-state index contributed by atoms with van der Waals surface area (Å²) in [7, 11) is 0. The highest BCUT2D eigenvalue weighted by molar-refractivity contribution is 4.96. The third kappa shape index (κ3) is 3.62. The van der Waals surface area contributed by atoms with E-state index in [9.17, 15) is 0 Å². The van der Waals surface area contributed by atoms with Crippen molar-refractivity contribution in [3.63, 3.8) is 0 Å². The van der Waals surface area contributed by atoms with Crippen LogP contribution in [0.5, 0.6) is 0 Å². The van der Waals surface area contributed by atoms with Crippen molar-refractivity contribution in [1.82, 2.24) is 10.2 Å². The van der Waals surface area contributed by atoms with Gasteiger partial charge in [0.05, 0.1) is 6.26 Å². The second-order valence-electron chi connectivity index (χ2n) is 5.93. The molecule has 0 spiro atoms. The Kier molecular flexibility index (Phi) is 5.12. The predicted molar refractivity (Wildman–Crippen MR) is 78.6 cm³/mol. The third-order valence-corrected chi connectivity index (χ3v) is 4.55. The first-order valence-electron chi connectivity index (χ1n) is 8.01. The van der Waals surface area contributed by atoms with Crippen molar-refractivity contribution in [3.05, 3.63) is 24.2 Å². The van der Waals surface area contributed by atoms with Gasteiger partial charge in [-0.1, -0.05) is 6.42 Å². The molecular formula is C16H26N2O2. The van der Waals surface area contributed by atoms with Crippen LogP contribution in [0.3, 0.4) is 0 Å². The van der Waals surface area contributed by atoms with Crippen LogP contribution in [0.2, 0.25) is 0 Å². The molecule has 4 nitrogen and oxygen atoms in total. The molecule has 4 heteroatoms. The predicted octanol–water partition coefficient (Wildman–Crippen LogP) is 2.40. The van der Waals surface area contributed by atoms with Crippen LogP contribution in [0.1, 0.15) is 37.9 Å². The van der Waals surface area contributed by atoms with E-state index in [0.717, 1.165) is 31.4 Å². The molecule has 2 fully saturated rings. The maximum atomic E-state index is 5.61. The van der Waals surface area contributed by atoms with E-state index in [-0.39, 0.29) is 0 Å². The summed E-state index contributed by atoms with van der Waals surface area (Å²) in [5, 5.41) is 3.73. The van der Waals surface area contributed by atoms with E-state index in [1.807, 2.05) is 12.1 Å². The molecule has 3 heterocycles. The number of nitrogens with one attached hydrogen (secondary N) is 1. The van der Waals surface area contributed by atoms with Gasteiger partial charge in [0.15, 0.2) is 0 Å². The van der Waals surface area contributed by atoms with Crippen LogP contribution in [0, 0.1) is 0 Å². The standard InChI is InChI=1S/C16H26N2O2/c1-2-9-18-10-7-15(16(18)6-1)17-8-4-11-19-13-14-5-3-12-20-14/h3,5,12,15-17H,1-2,4,6-11,13H2. The van der Waals surface area contributed by atoms with Gasteiger partial charge in [-0.15, -0.1) is 0 Å². The number of fused-ring (bicyclic) bond motifs is 1. The van der Waals surface area contributed by atoms with Gasteiger partial charge in [0, 0.05) is 25.2 Å². The van der Waals surface area contributed by atoms with Crippen molar-refractivity contribution >= 4 is 0 Å². The van der Waals surface area contributed by atoms with E-state index in [0.29, 0.717) is 12.6 Å². The average Bonchev–Trinajstić information content (AvgIpc) is 3.12. The van der Waals surface area contributed by atoms with Crippen LogP contribution < -0.4 is 5.32 Å². The van der Waals surface area contributed by atoms with Crippen molar-refractivity contribution in [2.45, 2.75) is 50.8 Å². The lowest BCUT2D eigenvalue weighted by Gasteiger charge is -2.32. The Morgan fingerprint density at radius 2 is 2.30 bits per heavy atom. The number of hydrogen-bond acceptors (Lipinski definition) is 4. The summed E-state index contributed by atoms with van der Waals surface area (Å²) in [5.74, 6) is 0.909. The zero-order valence-corrected chi connectivity index (χ0v) is 12.2. The number of hydrogen-bond donors (Lipinski definition) is 1. The fourth-order valence-electron chi connectivity index (χ4n) is 3.51. The Morgan fingerprint density at radius 1 is 1.30 bits per heavy atom. The van der Waals surface area contributed by atoms with Crippen LogP contribution in [0.25, 0.3) is 0 Å². The molecule has 0 aliphatic carbocycles. The first-order chi connectivity index (χ1) is 9.93. The number of piperidine rings is 1. The molecule has 0 radical (unpaired) electrons. The van der Waals surface area contributed by atoms with Crippen molar-refractivity contribution in [2.75, 3.05) is 26.2 Å². The van der Waals surface area contributed by atoms with Gasteiger partial charge < -0.3 is 14.5 Å². The Balaban J connectivity index is 1.26. The van der Waals surface area contributed by atoms with Gasteiger partial charge >= 0.3 is 0 Å². The summed E-state index contributed by atoms with van der Waals surface area (Å²) in [6.45, 7) is 5.06. The summed E-state index contributed by atoms with van der Waals surface area (Å²) in [6, 6.07) is 5.36. The van der Waals surface area contributed by atoms with Crippen molar-refractivity contribution in [3.8, 4) is 0 Å². The smallest absolute Gasteiger partial charge is 0.129 e. The lowest BCUT2D eigenvalue weighted by atomic mass is 9.99. The molecule has 0 bridgehead atoms. The van der Waals surface area contributed by atoms with Gasteiger partial charge in [0.1, 0.15) is 12.4 Å². The molecule has 1 N–H and O–H groups in total. The molecule has 0 aromatic carbocycles. The van der Waals surface area contributed by atoms with Crippen LogP contribution in [0.4, 0.5) is 0 Å². The first kappa shape index (κ1) is 14.1. The fraction of sp³-hybridized carbons (Fsp3) is 0.750. The Hall–Kier alpha value is -0.840. The lowest BCUT2D eigenvalue weighted by Crippen LogP contribution is -2.45. The van der Waals surface area contributed by atoms with Gasteiger partial charge in [-0.25, -0.2) is 0 Å². The molecule has 2 aliphatic rings. The summed E-state index contributed by atoms with van der Waals surface area (Å²) < 4.78 is 10.8. The molecule has 2 unspecified atom stereocenters.